The van der Waals surface area contributed by atoms with Crippen LogP contribution in [0.3, 0.4) is 0 Å². The first-order valence-corrected chi connectivity index (χ1v) is 11.3. The van der Waals surface area contributed by atoms with E-state index in [1.54, 1.807) is 22.8 Å². The fourth-order valence-electron chi connectivity index (χ4n) is 4.17. The minimum atomic E-state index is -0.287. The highest BCUT2D eigenvalue weighted by Gasteiger charge is 2.28. The van der Waals surface area contributed by atoms with Gasteiger partial charge in [-0.15, -0.1) is 0 Å². The Labute approximate surface area is 192 Å². The van der Waals surface area contributed by atoms with Gasteiger partial charge in [0.1, 0.15) is 5.82 Å². The Balaban J connectivity index is 1.44. The summed E-state index contributed by atoms with van der Waals surface area (Å²) in [5, 5.41) is 3.40. The fourth-order valence-corrected chi connectivity index (χ4v) is 4.28. The van der Waals surface area contributed by atoms with Crippen molar-refractivity contribution in [2.45, 2.75) is 38.3 Å². The van der Waals surface area contributed by atoms with Crippen molar-refractivity contribution in [1.29, 1.82) is 0 Å². The first-order valence-electron chi connectivity index (χ1n) is 10.9. The van der Waals surface area contributed by atoms with Crippen LogP contribution in [-0.4, -0.2) is 39.5 Å². The molecule has 1 aliphatic heterocycles. The number of hydrogen-bond acceptors (Lipinski definition) is 4. The van der Waals surface area contributed by atoms with Gasteiger partial charge in [-0.1, -0.05) is 48.0 Å². The number of benzene rings is 1. The third-order valence-corrected chi connectivity index (χ3v) is 6.26. The Morgan fingerprint density at radius 1 is 1.19 bits per heavy atom. The molecule has 1 amide bonds. The van der Waals surface area contributed by atoms with Gasteiger partial charge >= 0.3 is 0 Å². The van der Waals surface area contributed by atoms with E-state index < -0.39 is 0 Å². The second-order valence-electron chi connectivity index (χ2n) is 8.28. The molecule has 0 spiro atoms. The highest BCUT2D eigenvalue weighted by Crippen LogP contribution is 2.27. The Kier molecular flexibility index (Phi) is 7.02. The molecule has 1 aliphatic rings. The molecule has 166 valence electrons. The first kappa shape index (κ1) is 22.2. The molecule has 3 aromatic rings. The molecule has 1 unspecified atom stereocenters. The molecule has 4 rings (SSSR count). The highest BCUT2D eigenvalue weighted by molar-refractivity contribution is 6.30. The van der Waals surface area contributed by atoms with Gasteiger partial charge in [0.05, 0.1) is 17.6 Å². The van der Waals surface area contributed by atoms with E-state index in [0.29, 0.717) is 17.4 Å². The second-order valence-corrected chi connectivity index (χ2v) is 8.71. The average Bonchev–Trinajstić information content (AvgIpc) is 2.82. The predicted octanol–water partition coefficient (Wildman–Crippen LogP) is 4.15. The molecule has 3 heterocycles. The van der Waals surface area contributed by atoms with Gasteiger partial charge in [-0.2, -0.15) is 0 Å². The maximum atomic E-state index is 12.8. The first-order chi connectivity index (χ1) is 15.5. The van der Waals surface area contributed by atoms with Crippen LogP contribution in [0.4, 0.5) is 5.82 Å². The van der Waals surface area contributed by atoms with Crippen LogP contribution in [0, 0.1) is 0 Å². The van der Waals surface area contributed by atoms with E-state index in [-0.39, 0.29) is 23.4 Å². The zero-order valence-corrected chi connectivity index (χ0v) is 18.8. The molecule has 1 saturated heterocycles. The lowest BCUT2D eigenvalue weighted by Crippen LogP contribution is -2.46. The molecular formula is C25H27ClN4O2. The minimum absolute atomic E-state index is 0.00604. The number of nitrogens with one attached hydrogen (secondary N) is 1. The lowest BCUT2D eigenvalue weighted by Gasteiger charge is -2.36. The monoisotopic (exact) mass is 450 g/mol. The van der Waals surface area contributed by atoms with Crippen LogP contribution in [0.15, 0.2) is 71.8 Å². The summed E-state index contributed by atoms with van der Waals surface area (Å²) < 4.78 is 1.77. The van der Waals surface area contributed by atoms with E-state index in [1.807, 2.05) is 49.5 Å². The smallest absolute Gasteiger partial charge is 0.250 e. The van der Waals surface area contributed by atoms with Crippen molar-refractivity contribution in [3.63, 3.8) is 0 Å². The van der Waals surface area contributed by atoms with E-state index >= 15 is 0 Å². The van der Waals surface area contributed by atoms with Crippen molar-refractivity contribution in [3.05, 3.63) is 93.5 Å². The van der Waals surface area contributed by atoms with E-state index in [0.717, 1.165) is 37.1 Å². The van der Waals surface area contributed by atoms with Crippen molar-refractivity contribution in [2.24, 2.45) is 0 Å². The average molecular weight is 451 g/mol. The number of halogens is 1. The molecule has 2 atom stereocenters. The molecular weight excluding hydrogens is 424 g/mol. The molecule has 6 nitrogen and oxygen atoms in total. The molecule has 1 fully saturated rings. The van der Waals surface area contributed by atoms with Crippen molar-refractivity contribution in [2.75, 3.05) is 18.4 Å². The molecule has 0 saturated carbocycles. The number of likely N-dealkylation sites (tertiary alicyclic amines) is 1. The molecule has 0 bridgehead atoms. The minimum Gasteiger partial charge on any atom is -0.311 e. The van der Waals surface area contributed by atoms with Crippen LogP contribution in [0.2, 0.25) is 5.02 Å². The number of piperidine rings is 1. The van der Waals surface area contributed by atoms with Crippen LogP contribution in [0.1, 0.15) is 36.8 Å². The Hall–Kier alpha value is -2.96. The summed E-state index contributed by atoms with van der Waals surface area (Å²) in [5.74, 6) is 0.678. The normalized spacial score (nSPS) is 17.6. The second kappa shape index (κ2) is 10.1. The number of hydrogen-bond donors (Lipinski definition) is 1. The maximum Gasteiger partial charge on any atom is 0.250 e. The maximum absolute atomic E-state index is 12.8. The van der Waals surface area contributed by atoms with Crippen LogP contribution < -0.4 is 10.9 Å². The summed E-state index contributed by atoms with van der Waals surface area (Å²) in [7, 11) is 0. The molecule has 2 aromatic heterocycles. The Bertz CT molecular complexity index is 1110. The Morgan fingerprint density at radius 3 is 2.75 bits per heavy atom. The number of nitrogens with zero attached hydrogens (tertiary/aromatic N) is 3. The van der Waals surface area contributed by atoms with Crippen LogP contribution >= 0.6 is 11.6 Å². The summed E-state index contributed by atoms with van der Waals surface area (Å²) in [4.78, 5) is 31.5. The third kappa shape index (κ3) is 5.44. The van der Waals surface area contributed by atoms with Crippen LogP contribution in [-0.2, 0) is 11.3 Å². The standard InChI is InChI=1S/C25H27ClN4O2/c1-18(25(32)28-23-11-10-22(26)14-27-23)29-13-5-8-20(16-29)21-9-12-24(31)30(17-21)15-19-6-3-2-4-7-19/h2-4,6-7,9-12,14,17-18,20H,5,8,13,15-16H2,1H3,(H,27,28,32)/t18-,20?/m0/s1. The lowest BCUT2D eigenvalue weighted by atomic mass is 9.91. The number of anilines is 1. The molecule has 0 radical (unpaired) electrons. The number of carbonyl (C=O) groups is 1. The van der Waals surface area contributed by atoms with Crippen molar-refractivity contribution in [3.8, 4) is 0 Å². The summed E-state index contributed by atoms with van der Waals surface area (Å²) in [6, 6.07) is 16.7. The zero-order valence-electron chi connectivity index (χ0n) is 18.1. The van der Waals surface area contributed by atoms with E-state index in [2.05, 4.69) is 15.2 Å². The van der Waals surface area contributed by atoms with Crippen LogP contribution in [0.25, 0.3) is 0 Å². The predicted molar refractivity (Wildman–Crippen MR) is 127 cm³/mol. The van der Waals surface area contributed by atoms with Crippen LogP contribution in [0.5, 0.6) is 0 Å². The van der Waals surface area contributed by atoms with Crippen molar-refractivity contribution >= 4 is 23.3 Å². The number of aromatic nitrogens is 2. The lowest BCUT2D eigenvalue weighted by molar-refractivity contribution is -0.121. The molecule has 32 heavy (non-hydrogen) atoms. The van der Waals surface area contributed by atoms with Gasteiger partial charge in [0, 0.05) is 25.0 Å². The largest absolute Gasteiger partial charge is 0.311 e. The van der Waals surface area contributed by atoms with Gasteiger partial charge in [-0.25, -0.2) is 4.98 Å². The van der Waals surface area contributed by atoms with Gasteiger partial charge in [0.25, 0.3) is 5.56 Å². The Morgan fingerprint density at radius 2 is 2.00 bits per heavy atom. The summed E-state index contributed by atoms with van der Waals surface area (Å²) in [6.07, 6.45) is 5.53. The zero-order chi connectivity index (χ0) is 22.5. The highest BCUT2D eigenvalue weighted by atomic mass is 35.5. The summed E-state index contributed by atoms with van der Waals surface area (Å²) in [6.45, 7) is 4.11. The SMILES string of the molecule is C[C@@H](C(=O)Nc1ccc(Cl)cn1)N1CCCC(c2ccc(=O)n(Cc3ccccc3)c2)C1. The van der Waals surface area contributed by atoms with E-state index in [1.165, 1.54) is 6.20 Å². The number of amides is 1. The summed E-state index contributed by atoms with van der Waals surface area (Å²) >= 11 is 5.87. The van der Waals surface area contributed by atoms with Gasteiger partial charge in [-0.3, -0.25) is 14.5 Å². The quantitative estimate of drug-likeness (QED) is 0.612. The number of pyridine rings is 2. The van der Waals surface area contributed by atoms with Gasteiger partial charge in [-0.05, 0) is 55.5 Å². The molecule has 7 heteroatoms. The molecule has 1 aromatic carbocycles. The van der Waals surface area contributed by atoms with Gasteiger partial charge < -0.3 is 9.88 Å². The van der Waals surface area contributed by atoms with Crippen molar-refractivity contribution < 1.29 is 4.79 Å². The van der Waals surface area contributed by atoms with E-state index in [9.17, 15) is 9.59 Å². The number of rotatable bonds is 6. The number of carbonyl (C=O) groups excluding carboxylic acids is 1. The third-order valence-electron chi connectivity index (χ3n) is 6.03. The summed E-state index contributed by atoms with van der Waals surface area (Å²) in [5.41, 5.74) is 2.23. The topological polar surface area (TPSA) is 67.2 Å². The van der Waals surface area contributed by atoms with Crippen molar-refractivity contribution in [1.82, 2.24) is 14.5 Å². The van der Waals surface area contributed by atoms with Gasteiger partial charge in [0.2, 0.25) is 5.91 Å². The molecule has 0 aliphatic carbocycles. The van der Waals surface area contributed by atoms with E-state index in [4.69, 9.17) is 11.6 Å². The molecule has 1 N–H and O–H groups in total. The van der Waals surface area contributed by atoms with Gasteiger partial charge in [0.15, 0.2) is 0 Å². The fraction of sp³-hybridized carbons (Fsp3) is 0.320.